The van der Waals surface area contributed by atoms with Gasteiger partial charge < -0.3 is 67.9 Å². The van der Waals surface area contributed by atoms with Gasteiger partial charge in [-0.05, 0) is 79.7 Å². The predicted octanol–water partition coefficient (Wildman–Crippen LogP) is 7.33. The third-order valence-corrected chi connectivity index (χ3v) is 6.55. The van der Waals surface area contributed by atoms with Crippen molar-refractivity contribution < 1.29 is 82.2 Å². The minimum atomic E-state index is -0.324. The first kappa shape index (κ1) is 78.1. The van der Waals surface area contributed by atoms with Crippen LogP contribution in [-0.4, -0.2) is 162 Å². The fraction of sp³-hybridized carbons (Fsp3) is 0.800. The van der Waals surface area contributed by atoms with Crippen molar-refractivity contribution in [2.24, 2.45) is 5.92 Å². The molecule has 0 radical (unpaired) electrons. The van der Waals surface area contributed by atoms with Crippen LogP contribution < -0.4 is 0 Å². The second-order valence-corrected chi connectivity index (χ2v) is 15.5. The number of rotatable bonds is 25. The van der Waals surface area contributed by atoms with Crippen LogP contribution in [0.1, 0.15) is 142 Å². The van der Waals surface area contributed by atoms with Gasteiger partial charge in [-0.1, -0.05) is 71.4 Å². The summed E-state index contributed by atoms with van der Waals surface area (Å²) < 4.78 is 43.5. The zero-order valence-electron chi connectivity index (χ0n) is 45.1. The number of ketones is 1. The van der Waals surface area contributed by atoms with Gasteiger partial charge in [-0.2, -0.15) is 0 Å². The molecule has 0 amide bonds. The maximum atomic E-state index is 10.6. The Bertz CT molecular complexity index is 1140. The van der Waals surface area contributed by atoms with Gasteiger partial charge in [0.25, 0.3) is 0 Å². The van der Waals surface area contributed by atoms with E-state index in [9.17, 15) is 19.2 Å². The number of aliphatic hydroxyl groups is 4. The van der Waals surface area contributed by atoms with E-state index in [2.05, 4.69) is 11.7 Å². The molecule has 17 nitrogen and oxygen atoms in total. The molecule has 1 aromatic carbocycles. The Morgan fingerprint density at radius 1 is 0.537 bits per heavy atom. The van der Waals surface area contributed by atoms with Crippen molar-refractivity contribution in [2.75, 3.05) is 80.8 Å². The van der Waals surface area contributed by atoms with E-state index in [1.54, 1.807) is 76.7 Å². The Morgan fingerprint density at radius 2 is 0.955 bits per heavy atom. The molecule has 0 fully saturated rings. The first-order valence-corrected chi connectivity index (χ1v) is 23.3. The Kier molecular flexibility index (Phi) is 73.3. The van der Waals surface area contributed by atoms with Crippen molar-refractivity contribution in [1.29, 1.82) is 0 Å². The van der Waals surface area contributed by atoms with Crippen molar-refractivity contribution in [3.8, 4) is 0 Å². The monoisotopic (exact) mass is 973 g/mol. The quantitative estimate of drug-likeness (QED) is 0.0427. The number of Topliss-reactive ketones (excluding diaryl/α,β-unsaturated/α-hetero) is 1. The number of methoxy groups -OCH3 is 3. The minimum absolute atomic E-state index is 0.127. The number of benzene rings is 1. The Labute approximate surface area is 406 Å². The molecule has 0 bridgehead atoms. The summed E-state index contributed by atoms with van der Waals surface area (Å²) in [5, 5.41) is 34.3. The smallest absolute Gasteiger partial charge is 0.305 e. The zero-order valence-corrected chi connectivity index (χ0v) is 45.1. The van der Waals surface area contributed by atoms with Crippen molar-refractivity contribution in [1.82, 2.24) is 0 Å². The first-order chi connectivity index (χ1) is 31.4. The van der Waals surface area contributed by atoms with Crippen LogP contribution in [0, 0.1) is 5.92 Å². The summed E-state index contributed by atoms with van der Waals surface area (Å²) in [6.45, 7) is 31.9. The topological polar surface area (TPSA) is 232 Å². The Morgan fingerprint density at radius 3 is 1.22 bits per heavy atom. The second kappa shape index (κ2) is 62.9. The lowest BCUT2D eigenvalue weighted by Crippen LogP contribution is -2.18. The standard InChI is InChI=1S/2C7H14O3.C7H16O2.C7H8O.C6H12O3.C6H14O2.C6H12O.C4H10O2/c1-4-7(8)10-6(2)5-9-3;1-4-9-5-6(2)10-7(3)8;1-3-4-5-9-6-7(2)8;8-6-7-4-2-1-3-5-7;1-5(4-8-3)9-6(2)7;1-3-4-8-5-6(2)7;1-5(2)4-6(3)7;1-4(5)3-6-2/h2*6H,4-5H2,1-3H3;7-8H,3-6H2,1-2H3;1-5,8H,6H2;5H,4H2,1-3H3;6-7H,3-5H2,1-2H3;5H,4H2,1-3H3;4-5H,3H2,1-2H3. The van der Waals surface area contributed by atoms with E-state index in [1.807, 2.05) is 58.0 Å². The lowest BCUT2D eigenvalue weighted by molar-refractivity contribution is -0.150. The average molecular weight is 973 g/mol. The molecule has 1 aromatic rings. The molecule has 402 valence electrons. The van der Waals surface area contributed by atoms with E-state index in [0.717, 1.165) is 44.5 Å². The molecule has 6 unspecified atom stereocenters. The Balaban J connectivity index is -0.000000123. The summed E-state index contributed by atoms with van der Waals surface area (Å²) >= 11 is 0. The van der Waals surface area contributed by atoms with Gasteiger partial charge in [0.2, 0.25) is 0 Å². The SMILES string of the molecule is CC(=O)CC(C)C.CCC(=O)OC(C)COC.CCCCOCC(C)O.CCCOCC(C)O.CCOCC(C)OC(C)=O.COCC(C)O.COCC(C)OC(C)=O.OCc1ccccc1. The largest absolute Gasteiger partial charge is 0.460 e. The molecule has 0 aliphatic heterocycles. The highest BCUT2D eigenvalue weighted by atomic mass is 16.6. The highest BCUT2D eigenvalue weighted by Gasteiger charge is 2.06. The minimum Gasteiger partial charge on any atom is -0.460 e. The van der Waals surface area contributed by atoms with E-state index < -0.39 is 0 Å². The van der Waals surface area contributed by atoms with Gasteiger partial charge in [-0.25, -0.2) is 0 Å². The molecule has 0 heterocycles. The molecule has 4 N–H and O–H groups in total. The van der Waals surface area contributed by atoms with E-state index >= 15 is 0 Å². The maximum absolute atomic E-state index is 10.6. The van der Waals surface area contributed by atoms with Crippen LogP contribution in [0.15, 0.2) is 30.3 Å². The number of esters is 3. The molecular weight excluding hydrogens is 873 g/mol. The van der Waals surface area contributed by atoms with Crippen LogP contribution in [-0.2, 0) is 68.4 Å². The molecule has 0 aliphatic carbocycles. The lowest BCUT2D eigenvalue weighted by atomic mass is 10.1. The zero-order chi connectivity index (χ0) is 53.4. The average Bonchev–Trinajstić information content (AvgIpc) is 3.22. The predicted molar refractivity (Wildman–Crippen MR) is 265 cm³/mol. The van der Waals surface area contributed by atoms with Crippen molar-refractivity contribution in [3.63, 3.8) is 0 Å². The number of carbonyl (C=O) groups is 4. The number of hydrogen-bond acceptors (Lipinski definition) is 17. The normalized spacial score (nSPS) is 12.4. The fourth-order valence-electron chi connectivity index (χ4n) is 4.03. The molecule has 67 heavy (non-hydrogen) atoms. The van der Waals surface area contributed by atoms with E-state index in [4.69, 9.17) is 58.3 Å². The highest BCUT2D eigenvalue weighted by molar-refractivity contribution is 5.75. The highest BCUT2D eigenvalue weighted by Crippen LogP contribution is 1.98. The fourth-order valence-corrected chi connectivity index (χ4v) is 4.03. The number of unbranched alkanes of at least 4 members (excludes halogenated alkanes) is 1. The second-order valence-electron chi connectivity index (χ2n) is 15.5. The van der Waals surface area contributed by atoms with Crippen LogP contribution in [0.25, 0.3) is 0 Å². The van der Waals surface area contributed by atoms with E-state index in [1.165, 1.54) is 13.8 Å². The number of carbonyl (C=O) groups excluding carboxylic acids is 4. The maximum Gasteiger partial charge on any atom is 0.305 e. The van der Waals surface area contributed by atoms with Crippen LogP contribution in [0.4, 0.5) is 0 Å². The van der Waals surface area contributed by atoms with Crippen LogP contribution in [0.2, 0.25) is 0 Å². The summed E-state index contributed by atoms with van der Waals surface area (Å²) in [6, 6.07) is 9.52. The van der Waals surface area contributed by atoms with Crippen molar-refractivity contribution in [3.05, 3.63) is 35.9 Å². The molecular formula is C50H100O17. The van der Waals surface area contributed by atoms with Crippen molar-refractivity contribution in [2.45, 2.75) is 179 Å². The molecule has 0 spiro atoms. The third kappa shape index (κ3) is 97.6. The first-order valence-electron chi connectivity index (χ1n) is 23.3. The van der Waals surface area contributed by atoms with Crippen LogP contribution in [0.3, 0.4) is 0 Å². The number of aliphatic hydroxyl groups excluding tert-OH is 4. The molecule has 0 saturated heterocycles. The molecule has 0 aliphatic rings. The van der Waals surface area contributed by atoms with Crippen LogP contribution >= 0.6 is 0 Å². The molecule has 1 rings (SSSR count). The van der Waals surface area contributed by atoms with E-state index in [0.29, 0.717) is 58.6 Å². The number of hydrogen-bond donors (Lipinski definition) is 4. The van der Waals surface area contributed by atoms with Crippen LogP contribution in [0.5, 0.6) is 0 Å². The summed E-state index contributed by atoms with van der Waals surface area (Å²) in [7, 11) is 4.71. The lowest BCUT2D eigenvalue weighted by Gasteiger charge is -2.10. The van der Waals surface area contributed by atoms with Gasteiger partial charge in [0.05, 0.1) is 64.6 Å². The van der Waals surface area contributed by atoms with Gasteiger partial charge >= 0.3 is 17.9 Å². The number of ether oxygens (including phenoxy) is 9. The van der Waals surface area contributed by atoms with Gasteiger partial charge in [0.15, 0.2) is 0 Å². The third-order valence-electron chi connectivity index (χ3n) is 6.55. The molecule has 0 saturated carbocycles. The van der Waals surface area contributed by atoms with Gasteiger partial charge in [0, 0.05) is 67.8 Å². The summed E-state index contributed by atoms with van der Waals surface area (Å²) in [5.41, 5.74) is 0.965. The molecule has 0 aromatic heterocycles. The summed E-state index contributed by atoms with van der Waals surface area (Å²) in [6.07, 6.45) is 3.06. The van der Waals surface area contributed by atoms with Gasteiger partial charge in [0.1, 0.15) is 24.1 Å². The molecule has 6 atom stereocenters. The van der Waals surface area contributed by atoms with Gasteiger partial charge in [-0.3, -0.25) is 14.4 Å². The Hall–Kier alpha value is -3.10. The van der Waals surface area contributed by atoms with E-state index in [-0.39, 0.29) is 66.9 Å². The van der Waals surface area contributed by atoms with Crippen molar-refractivity contribution >= 4 is 23.7 Å². The molecule has 17 heteroatoms. The summed E-state index contributed by atoms with van der Waals surface area (Å²) in [5.74, 6) is 0.115. The summed E-state index contributed by atoms with van der Waals surface area (Å²) in [4.78, 5) is 41.5. The van der Waals surface area contributed by atoms with Gasteiger partial charge in [-0.15, -0.1) is 0 Å².